The molecule has 1 aromatic heterocycles. The van der Waals surface area contributed by atoms with E-state index >= 15 is 0 Å². The third-order valence-corrected chi connectivity index (χ3v) is 5.53. The third-order valence-electron chi connectivity index (χ3n) is 4.20. The van der Waals surface area contributed by atoms with Crippen molar-refractivity contribution in [3.63, 3.8) is 0 Å². The van der Waals surface area contributed by atoms with Gasteiger partial charge in [0.2, 0.25) is 11.7 Å². The lowest BCUT2D eigenvalue weighted by Crippen LogP contribution is -2.46. The Morgan fingerprint density at radius 1 is 1.23 bits per heavy atom. The molecule has 1 fully saturated rings. The summed E-state index contributed by atoms with van der Waals surface area (Å²) in [7, 11) is -1.83. The van der Waals surface area contributed by atoms with Gasteiger partial charge in [-0.3, -0.25) is 0 Å². The monoisotopic (exact) mass is 323 g/mol. The lowest BCUT2D eigenvalue weighted by molar-refractivity contribution is 0.292. The summed E-state index contributed by atoms with van der Waals surface area (Å²) in [6.45, 7) is 0. The van der Waals surface area contributed by atoms with Crippen LogP contribution in [0.1, 0.15) is 31.1 Å². The van der Waals surface area contributed by atoms with Crippen molar-refractivity contribution in [2.75, 3.05) is 14.1 Å². The van der Waals surface area contributed by atoms with E-state index in [1.807, 2.05) is 0 Å². The molecule has 7 nitrogen and oxygen atoms in total. The molecule has 0 aliphatic heterocycles. The number of aromatic nitrogens is 2. The smallest absolute Gasteiger partial charge is 0.258 e. The molecule has 1 saturated carbocycles. The van der Waals surface area contributed by atoms with E-state index in [0.29, 0.717) is 23.3 Å². The summed E-state index contributed by atoms with van der Waals surface area (Å²) in [6, 6.07) is 6.56. The largest absolute Gasteiger partial charge is 0.701 e. The summed E-state index contributed by atoms with van der Waals surface area (Å²) < 4.78 is 38.4. The Kier molecular flexibility index (Phi) is 3.54. The topological polar surface area (TPSA) is 96.1 Å². The van der Waals surface area contributed by atoms with Crippen molar-refractivity contribution in [3.05, 3.63) is 30.2 Å². The summed E-state index contributed by atoms with van der Waals surface area (Å²) in [5.41, 5.74) is 1.10. The third kappa shape index (κ3) is 2.53. The van der Waals surface area contributed by atoms with Gasteiger partial charge in [-0.1, -0.05) is 11.6 Å². The van der Waals surface area contributed by atoms with Crippen molar-refractivity contribution in [1.82, 2.24) is 14.0 Å². The van der Waals surface area contributed by atoms with Crippen molar-refractivity contribution in [3.8, 4) is 11.4 Å². The highest BCUT2D eigenvalue weighted by Gasteiger charge is 2.28. The van der Waals surface area contributed by atoms with Crippen LogP contribution >= 0.6 is 0 Å². The van der Waals surface area contributed by atoms with Gasteiger partial charge in [0.15, 0.2) is 0 Å². The average molecular weight is 323 g/mol. The number of hydrogen-bond acceptors (Lipinski definition) is 6. The van der Waals surface area contributed by atoms with Crippen LogP contribution in [-0.2, 0) is 10.3 Å². The molecule has 1 aliphatic carbocycles. The van der Waals surface area contributed by atoms with Gasteiger partial charge in [0, 0.05) is 23.6 Å². The van der Waals surface area contributed by atoms with E-state index < -0.39 is 14.2 Å². The molecular weight excluding hydrogens is 306 g/mol. The highest BCUT2D eigenvalue weighted by molar-refractivity contribution is 7.85. The van der Waals surface area contributed by atoms with Gasteiger partial charge in [0.25, 0.3) is 10.3 Å². The van der Waals surface area contributed by atoms with Gasteiger partial charge >= 0.3 is 0 Å². The van der Waals surface area contributed by atoms with E-state index in [0.717, 1.165) is 18.4 Å². The van der Waals surface area contributed by atoms with Crippen LogP contribution in [0, 0.1) is 0 Å². The first kappa shape index (κ1) is 15.1. The van der Waals surface area contributed by atoms with E-state index in [4.69, 9.17) is 4.52 Å². The summed E-state index contributed by atoms with van der Waals surface area (Å²) in [5, 5.41) is 3.96. The standard InChI is InChI=1S/C14H17N3O4S/c1-17(2,22(18,19)20)12-8-6-10(7-9-12)13-15-14(21-16-13)11-4-3-5-11/h6-9,11H,3-5H2,1-2H3. The van der Waals surface area contributed by atoms with Gasteiger partial charge in [-0.25, -0.2) is 3.89 Å². The van der Waals surface area contributed by atoms with Crippen molar-refractivity contribution < 1.29 is 17.5 Å². The van der Waals surface area contributed by atoms with E-state index in [-0.39, 0.29) is 0 Å². The molecule has 0 amide bonds. The maximum absolute atomic E-state index is 11.3. The van der Waals surface area contributed by atoms with E-state index in [9.17, 15) is 13.0 Å². The number of hydrogen-bond donors (Lipinski definition) is 0. The first-order valence-electron chi connectivity index (χ1n) is 7.03. The molecule has 118 valence electrons. The van der Waals surface area contributed by atoms with Crippen LogP contribution in [0.5, 0.6) is 0 Å². The Labute approximate surface area is 129 Å². The Morgan fingerprint density at radius 3 is 2.36 bits per heavy atom. The molecule has 1 aliphatic rings. The molecule has 0 unspecified atom stereocenters. The number of benzene rings is 1. The van der Waals surface area contributed by atoms with Crippen molar-refractivity contribution in [1.29, 1.82) is 0 Å². The van der Waals surface area contributed by atoms with Crippen LogP contribution in [0.25, 0.3) is 11.4 Å². The molecule has 0 spiro atoms. The number of nitrogens with zero attached hydrogens (tertiary/aromatic N) is 3. The zero-order valence-corrected chi connectivity index (χ0v) is 13.2. The lowest BCUT2D eigenvalue weighted by atomic mass is 9.85. The molecule has 0 N–H and O–H groups in total. The first-order chi connectivity index (χ1) is 10.3. The fraction of sp³-hybridized carbons (Fsp3) is 0.429. The molecule has 1 aromatic carbocycles. The normalized spacial score (nSPS) is 16.5. The summed E-state index contributed by atoms with van der Waals surface area (Å²) in [5.74, 6) is 1.49. The van der Waals surface area contributed by atoms with Crippen LogP contribution in [0.3, 0.4) is 0 Å². The summed E-state index contributed by atoms with van der Waals surface area (Å²) in [6.07, 6.45) is 3.34. The van der Waals surface area contributed by atoms with E-state index in [2.05, 4.69) is 10.1 Å². The van der Waals surface area contributed by atoms with Crippen LogP contribution in [0.2, 0.25) is 0 Å². The van der Waals surface area contributed by atoms with E-state index in [1.54, 1.807) is 24.3 Å². The SMILES string of the molecule is C[N+](C)(c1ccc(-c2noc(C3CCC3)n2)cc1)S(=O)(=O)[O-]. The van der Waals surface area contributed by atoms with Gasteiger partial charge in [0.1, 0.15) is 5.69 Å². The van der Waals surface area contributed by atoms with Crippen LogP contribution < -0.4 is 3.89 Å². The number of rotatable bonds is 4. The second kappa shape index (κ2) is 5.15. The van der Waals surface area contributed by atoms with Crippen molar-refractivity contribution in [2.45, 2.75) is 25.2 Å². The molecule has 2 aromatic rings. The minimum atomic E-state index is -4.50. The highest BCUT2D eigenvalue weighted by Crippen LogP contribution is 2.36. The quantitative estimate of drug-likeness (QED) is 0.631. The molecule has 8 heteroatoms. The predicted octanol–water partition coefficient (Wildman–Crippen LogP) is 2.03. The van der Waals surface area contributed by atoms with Gasteiger partial charge < -0.3 is 9.08 Å². The van der Waals surface area contributed by atoms with Crippen LogP contribution in [-0.4, -0.2) is 37.2 Å². The second-order valence-electron chi connectivity index (χ2n) is 5.91. The fourth-order valence-electron chi connectivity index (χ4n) is 2.27. The molecular formula is C14H17N3O4S. The minimum absolute atomic E-state index is 0.363. The van der Waals surface area contributed by atoms with Crippen molar-refractivity contribution >= 4 is 16.0 Å². The molecule has 0 atom stereocenters. The van der Waals surface area contributed by atoms with Crippen molar-refractivity contribution in [2.24, 2.45) is 0 Å². The van der Waals surface area contributed by atoms with Crippen LogP contribution in [0.4, 0.5) is 5.69 Å². The maximum Gasteiger partial charge on any atom is 0.258 e. The highest BCUT2D eigenvalue weighted by atomic mass is 32.2. The molecule has 3 rings (SSSR count). The number of quaternary nitrogens is 1. The van der Waals surface area contributed by atoms with Gasteiger partial charge in [0.05, 0.1) is 14.1 Å². The Morgan fingerprint density at radius 2 is 1.86 bits per heavy atom. The second-order valence-corrected chi connectivity index (χ2v) is 7.68. The van der Waals surface area contributed by atoms with Gasteiger partial charge in [-0.2, -0.15) is 13.4 Å². The summed E-state index contributed by atoms with van der Waals surface area (Å²) >= 11 is 0. The average Bonchev–Trinajstić information content (AvgIpc) is 2.85. The Bertz CT molecular complexity index is 777. The van der Waals surface area contributed by atoms with Crippen LogP contribution in [0.15, 0.2) is 28.8 Å². The lowest BCUT2D eigenvalue weighted by Gasteiger charge is -2.30. The maximum atomic E-state index is 11.3. The molecule has 22 heavy (non-hydrogen) atoms. The minimum Gasteiger partial charge on any atom is -0.701 e. The zero-order chi connectivity index (χ0) is 16.0. The van der Waals surface area contributed by atoms with Gasteiger partial charge in [-0.15, -0.1) is 0 Å². The molecule has 0 bridgehead atoms. The first-order valence-corrected chi connectivity index (χ1v) is 8.40. The Hall–Kier alpha value is -1.77. The predicted molar refractivity (Wildman–Crippen MR) is 79.7 cm³/mol. The van der Waals surface area contributed by atoms with Gasteiger partial charge in [-0.05, 0) is 25.0 Å². The zero-order valence-electron chi connectivity index (χ0n) is 12.4. The fourth-order valence-corrected chi connectivity index (χ4v) is 2.65. The molecule has 0 radical (unpaired) electrons. The molecule has 1 heterocycles. The summed E-state index contributed by atoms with van der Waals surface area (Å²) in [4.78, 5) is 4.38. The Balaban J connectivity index is 1.86. The van der Waals surface area contributed by atoms with E-state index in [1.165, 1.54) is 20.5 Å². The molecule has 0 saturated heterocycles.